The minimum Gasteiger partial charge on any atom is -0.392 e. The standard InChI is InChI=1S/C37H30N4O2/c1-21(37-31(20-43)26-7-3-5-9-34(26)41-37)29-18-39-33-12-10-22(14-27(29)33)23-11-13-35-28(15-23)30(19-42)36(40-35)16-24-17-38-32-8-4-2-6-25(24)32/h2-15,17-18,20-21,38-42H,16,19H2,1H3. The van der Waals surface area contributed by atoms with Crippen molar-refractivity contribution < 1.29 is 9.90 Å². The number of rotatable bonds is 7. The molecule has 6 nitrogen and oxygen atoms in total. The quantitative estimate of drug-likeness (QED) is 0.126. The topological polar surface area (TPSA) is 100 Å². The van der Waals surface area contributed by atoms with Gasteiger partial charge in [0.1, 0.15) is 0 Å². The molecule has 6 heteroatoms. The van der Waals surface area contributed by atoms with Gasteiger partial charge in [-0.3, -0.25) is 4.79 Å². The lowest BCUT2D eigenvalue weighted by atomic mass is 9.93. The van der Waals surface area contributed by atoms with E-state index in [9.17, 15) is 9.90 Å². The fourth-order valence-electron chi connectivity index (χ4n) is 6.77. The van der Waals surface area contributed by atoms with Gasteiger partial charge in [0.15, 0.2) is 6.29 Å². The van der Waals surface area contributed by atoms with Crippen LogP contribution in [0.25, 0.3) is 54.7 Å². The van der Waals surface area contributed by atoms with Crippen molar-refractivity contribution in [3.05, 3.63) is 131 Å². The maximum atomic E-state index is 12.1. The minimum atomic E-state index is -0.0385. The highest BCUT2D eigenvalue weighted by atomic mass is 16.3. The SMILES string of the molecule is CC(c1[nH]c2ccccc2c1C=O)c1c[nH]c2ccc(-c3ccc4[nH]c(Cc5c[nH]c6ccccc56)c(CO)c4c3)cc12. The Balaban J connectivity index is 1.18. The van der Waals surface area contributed by atoms with Crippen LogP contribution in [-0.2, 0) is 13.0 Å². The highest BCUT2D eigenvalue weighted by molar-refractivity contribution is 6.00. The summed E-state index contributed by atoms with van der Waals surface area (Å²) >= 11 is 0. The van der Waals surface area contributed by atoms with Gasteiger partial charge in [-0.25, -0.2) is 0 Å². The minimum absolute atomic E-state index is 0.0168. The van der Waals surface area contributed by atoms with Gasteiger partial charge in [0, 0.05) is 90.9 Å². The number of carbonyl (C=O) groups excluding carboxylic acids is 1. The first-order valence-corrected chi connectivity index (χ1v) is 14.6. The number of hydrogen-bond acceptors (Lipinski definition) is 2. The van der Waals surface area contributed by atoms with E-state index in [1.807, 2.05) is 30.3 Å². The molecule has 8 aromatic rings. The van der Waals surface area contributed by atoms with E-state index in [2.05, 4.69) is 93.9 Å². The van der Waals surface area contributed by atoms with Gasteiger partial charge < -0.3 is 25.0 Å². The van der Waals surface area contributed by atoms with Gasteiger partial charge in [-0.2, -0.15) is 0 Å². The first kappa shape index (κ1) is 25.4. The van der Waals surface area contributed by atoms with Crippen LogP contribution in [0.2, 0.25) is 0 Å². The summed E-state index contributed by atoms with van der Waals surface area (Å²) in [5.74, 6) is -0.0168. The molecular weight excluding hydrogens is 532 g/mol. The van der Waals surface area contributed by atoms with Crippen LogP contribution in [-0.4, -0.2) is 31.3 Å². The molecule has 1 atom stereocenters. The fourth-order valence-corrected chi connectivity index (χ4v) is 6.77. The number of para-hydroxylation sites is 2. The molecule has 0 spiro atoms. The molecule has 0 saturated heterocycles. The second-order valence-corrected chi connectivity index (χ2v) is 11.4. The zero-order valence-electron chi connectivity index (χ0n) is 23.7. The summed E-state index contributed by atoms with van der Waals surface area (Å²) in [4.78, 5) is 26.0. The number of benzene rings is 4. The Kier molecular flexibility index (Phi) is 5.84. The van der Waals surface area contributed by atoms with Crippen molar-refractivity contribution in [3.63, 3.8) is 0 Å². The van der Waals surface area contributed by atoms with Crippen LogP contribution >= 0.6 is 0 Å². The van der Waals surface area contributed by atoms with E-state index in [0.717, 1.165) is 78.2 Å². The zero-order chi connectivity index (χ0) is 29.1. The summed E-state index contributed by atoms with van der Waals surface area (Å²) in [7, 11) is 0. The Labute approximate surface area is 247 Å². The summed E-state index contributed by atoms with van der Waals surface area (Å²) in [6.07, 6.45) is 5.77. The van der Waals surface area contributed by atoms with Crippen LogP contribution in [0.15, 0.2) is 97.3 Å². The first-order chi connectivity index (χ1) is 21.1. The van der Waals surface area contributed by atoms with Crippen LogP contribution in [0.3, 0.4) is 0 Å². The third-order valence-electron chi connectivity index (χ3n) is 9.04. The third kappa shape index (κ3) is 4.02. The van der Waals surface area contributed by atoms with Crippen molar-refractivity contribution >= 4 is 49.9 Å². The van der Waals surface area contributed by atoms with Gasteiger partial charge in [0.05, 0.1) is 6.61 Å². The predicted octanol–water partition coefficient (Wildman–Crippen LogP) is 8.33. The summed E-state index contributed by atoms with van der Waals surface area (Å²) in [5.41, 5.74) is 12.2. The van der Waals surface area contributed by atoms with Gasteiger partial charge in [0.2, 0.25) is 0 Å². The number of aliphatic hydroxyl groups is 1. The van der Waals surface area contributed by atoms with Crippen molar-refractivity contribution in [1.29, 1.82) is 0 Å². The number of aliphatic hydroxyl groups excluding tert-OH is 1. The Morgan fingerprint density at radius 2 is 1.37 bits per heavy atom. The Morgan fingerprint density at radius 1 is 0.721 bits per heavy atom. The zero-order valence-corrected chi connectivity index (χ0v) is 23.7. The molecule has 0 fully saturated rings. The Bertz CT molecular complexity index is 2310. The van der Waals surface area contributed by atoms with Crippen LogP contribution < -0.4 is 0 Å². The molecule has 0 radical (unpaired) electrons. The van der Waals surface area contributed by atoms with Crippen molar-refractivity contribution in [2.45, 2.75) is 25.9 Å². The van der Waals surface area contributed by atoms with E-state index in [1.54, 1.807) is 0 Å². The highest BCUT2D eigenvalue weighted by Gasteiger charge is 2.21. The smallest absolute Gasteiger partial charge is 0.152 e. The molecule has 4 heterocycles. The maximum Gasteiger partial charge on any atom is 0.152 e. The van der Waals surface area contributed by atoms with E-state index in [0.29, 0.717) is 12.0 Å². The normalized spacial score (nSPS) is 12.6. The number of H-pyrrole nitrogens is 4. The summed E-state index contributed by atoms with van der Waals surface area (Å²) in [5, 5.41) is 14.8. The molecule has 0 aliphatic heterocycles. The monoisotopic (exact) mass is 562 g/mol. The lowest BCUT2D eigenvalue weighted by Crippen LogP contribution is -1.99. The van der Waals surface area contributed by atoms with E-state index in [-0.39, 0.29) is 12.5 Å². The lowest BCUT2D eigenvalue weighted by molar-refractivity contribution is 0.112. The number of fused-ring (bicyclic) bond motifs is 4. The number of aldehydes is 1. The molecule has 0 amide bonds. The summed E-state index contributed by atoms with van der Waals surface area (Å²) in [6, 6.07) is 29.1. The Morgan fingerprint density at radius 3 is 2.16 bits per heavy atom. The van der Waals surface area contributed by atoms with Gasteiger partial charge in [-0.05, 0) is 58.7 Å². The van der Waals surface area contributed by atoms with Crippen molar-refractivity contribution in [1.82, 2.24) is 19.9 Å². The maximum absolute atomic E-state index is 12.1. The molecule has 0 bridgehead atoms. The number of carbonyl (C=O) groups is 1. The molecule has 4 aromatic carbocycles. The van der Waals surface area contributed by atoms with Crippen molar-refractivity contribution in [3.8, 4) is 11.1 Å². The predicted molar refractivity (Wildman–Crippen MR) is 174 cm³/mol. The molecule has 8 rings (SSSR count). The highest BCUT2D eigenvalue weighted by Crippen LogP contribution is 2.37. The number of nitrogens with one attached hydrogen (secondary N) is 4. The molecule has 0 aliphatic rings. The number of aromatic amines is 4. The van der Waals surface area contributed by atoms with Gasteiger partial charge in [-0.15, -0.1) is 0 Å². The van der Waals surface area contributed by atoms with Crippen molar-refractivity contribution in [2.75, 3.05) is 0 Å². The van der Waals surface area contributed by atoms with Crippen LogP contribution in [0.4, 0.5) is 0 Å². The first-order valence-electron chi connectivity index (χ1n) is 14.6. The molecule has 210 valence electrons. The molecule has 5 N–H and O–H groups in total. The average Bonchev–Trinajstić information content (AvgIpc) is 3.82. The van der Waals surface area contributed by atoms with Gasteiger partial charge >= 0.3 is 0 Å². The van der Waals surface area contributed by atoms with E-state index >= 15 is 0 Å². The molecular formula is C37H30N4O2. The lowest BCUT2D eigenvalue weighted by Gasteiger charge is -2.11. The molecule has 0 aliphatic carbocycles. The van der Waals surface area contributed by atoms with Gasteiger partial charge in [0.25, 0.3) is 0 Å². The van der Waals surface area contributed by atoms with Crippen LogP contribution in [0, 0.1) is 0 Å². The van der Waals surface area contributed by atoms with E-state index < -0.39 is 0 Å². The number of aromatic nitrogens is 4. The molecule has 43 heavy (non-hydrogen) atoms. The van der Waals surface area contributed by atoms with Crippen LogP contribution in [0.5, 0.6) is 0 Å². The van der Waals surface area contributed by atoms with E-state index in [4.69, 9.17) is 0 Å². The molecule has 0 saturated carbocycles. The largest absolute Gasteiger partial charge is 0.392 e. The number of hydrogen-bond donors (Lipinski definition) is 5. The summed E-state index contributed by atoms with van der Waals surface area (Å²) in [6.45, 7) is 2.10. The van der Waals surface area contributed by atoms with Crippen molar-refractivity contribution in [2.24, 2.45) is 0 Å². The average molecular weight is 563 g/mol. The Hall–Kier alpha value is -5.33. The summed E-state index contributed by atoms with van der Waals surface area (Å²) < 4.78 is 0. The van der Waals surface area contributed by atoms with Crippen LogP contribution in [0.1, 0.15) is 51.3 Å². The van der Waals surface area contributed by atoms with Gasteiger partial charge in [-0.1, -0.05) is 55.5 Å². The second kappa shape index (κ2) is 9.89. The fraction of sp³-hybridized carbons (Fsp3) is 0.108. The third-order valence-corrected chi connectivity index (χ3v) is 9.04. The second-order valence-electron chi connectivity index (χ2n) is 11.4. The van der Waals surface area contributed by atoms with E-state index in [1.165, 1.54) is 10.9 Å². The molecule has 4 aromatic heterocycles. The molecule has 1 unspecified atom stereocenters.